The molecule has 2 aromatic carbocycles. The van der Waals surface area contributed by atoms with Crippen molar-refractivity contribution < 1.29 is 13.4 Å². The molecule has 0 unspecified atom stereocenters. The van der Waals surface area contributed by atoms with Gasteiger partial charge in [0.2, 0.25) is 22.8 Å². The number of furan rings is 2. The van der Waals surface area contributed by atoms with Crippen LogP contribution in [0.3, 0.4) is 0 Å². The van der Waals surface area contributed by atoms with Gasteiger partial charge >= 0.3 is 0 Å². The maximum absolute atomic E-state index is 6.19. The predicted molar refractivity (Wildman–Crippen MR) is 148 cm³/mol. The molecule has 7 aromatic rings. The second-order valence-corrected chi connectivity index (χ2v) is 9.93. The van der Waals surface area contributed by atoms with E-state index in [1.54, 1.807) is 0 Å². The molecule has 0 atom stereocenters. The third-order valence-electron chi connectivity index (χ3n) is 7.45. The Bertz CT molecular complexity index is 1900. The van der Waals surface area contributed by atoms with Crippen molar-refractivity contribution in [3.63, 3.8) is 0 Å². The Morgan fingerprint density at radius 3 is 1.49 bits per heavy atom. The van der Waals surface area contributed by atoms with Crippen LogP contribution in [0, 0.1) is 27.7 Å². The van der Waals surface area contributed by atoms with Crippen LogP contribution in [0.15, 0.2) is 75.6 Å². The van der Waals surface area contributed by atoms with Gasteiger partial charge in [-0.05, 0) is 81.3 Å². The fraction of sp³-hybridized carbons (Fsp3) is 0.156. The fourth-order valence-corrected chi connectivity index (χ4v) is 5.64. The Morgan fingerprint density at radius 2 is 1.03 bits per heavy atom. The zero-order valence-electron chi connectivity index (χ0n) is 21.5. The van der Waals surface area contributed by atoms with Crippen molar-refractivity contribution in [1.82, 2.24) is 9.97 Å². The van der Waals surface area contributed by atoms with Crippen LogP contribution >= 0.6 is 0 Å². The zero-order valence-corrected chi connectivity index (χ0v) is 21.5. The third-order valence-corrected chi connectivity index (χ3v) is 7.45. The summed E-state index contributed by atoms with van der Waals surface area (Å²) in [6.45, 7) is 8.29. The van der Waals surface area contributed by atoms with Gasteiger partial charge in [-0.2, -0.15) is 4.57 Å². The standard InChI is InChI=1S/C32H26N3O2/c1-17-9-15-25-29(21-13-11-19(3)33-31(21)36-25)27(17)23-7-6-8-24(35(23)5)28-18(2)10-16-26-30(28)22-14-12-20(4)34-32(22)37-26/h6-16H,1-5H3/q+1. The van der Waals surface area contributed by atoms with E-state index in [1.807, 2.05) is 38.1 Å². The van der Waals surface area contributed by atoms with Crippen molar-refractivity contribution in [2.75, 3.05) is 0 Å². The number of rotatable bonds is 2. The van der Waals surface area contributed by atoms with Gasteiger partial charge in [0.25, 0.3) is 0 Å². The molecule has 5 heterocycles. The molecule has 0 spiro atoms. The molecule has 5 heteroatoms. The van der Waals surface area contributed by atoms with Gasteiger partial charge in [0.15, 0.2) is 0 Å². The Kier molecular flexibility index (Phi) is 4.55. The second-order valence-electron chi connectivity index (χ2n) is 9.93. The van der Waals surface area contributed by atoms with Gasteiger partial charge in [0.05, 0.1) is 11.1 Å². The van der Waals surface area contributed by atoms with Gasteiger partial charge in [-0.3, -0.25) is 0 Å². The quantitative estimate of drug-likeness (QED) is 0.236. The maximum Gasteiger partial charge on any atom is 0.227 e. The minimum atomic E-state index is 0.675. The molecule has 5 aromatic heterocycles. The van der Waals surface area contributed by atoms with E-state index in [0.29, 0.717) is 11.4 Å². The van der Waals surface area contributed by atoms with Gasteiger partial charge in [-0.25, -0.2) is 9.97 Å². The predicted octanol–water partition coefficient (Wildman–Crippen LogP) is 7.67. The van der Waals surface area contributed by atoms with E-state index in [-0.39, 0.29) is 0 Å². The van der Waals surface area contributed by atoms with Crippen molar-refractivity contribution in [2.45, 2.75) is 27.7 Å². The van der Waals surface area contributed by atoms with E-state index in [4.69, 9.17) is 8.83 Å². The first-order valence-electron chi connectivity index (χ1n) is 12.5. The normalized spacial score (nSPS) is 11.9. The topological polar surface area (TPSA) is 55.9 Å². The van der Waals surface area contributed by atoms with Crippen LogP contribution in [0.1, 0.15) is 22.5 Å². The fourth-order valence-electron chi connectivity index (χ4n) is 5.64. The number of pyridine rings is 3. The molecule has 0 N–H and O–H groups in total. The average molecular weight is 485 g/mol. The summed E-state index contributed by atoms with van der Waals surface area (Å²) < 4.78 is 14.7. The SMILES string of the molecule is Cc1ccc2c(n1)oc1ccc(C)c(-c3cccc(-c4c(C)ccc5oc6nc(C)ccc6c45)[n+]3C)c12. The molecular weight excluding hydrogens is 458 g/mol. The van der Waals surface area contributed by atoms with E-state index in [1.165, 1.54) is 11.1 Å². The molecular formula is C32H26N3O2+. The number of aromatic nitrogens is 3. The highest BCUT2D eigenvalue weighted by molar-refractivity contribution is 6.13. The molecule has 0 fully saturated rings. The minimum Gasteiger partial charge on any atom is -0.438 e. The molecule has 7 rings (SSSR count). The minimum absolute atomic E-state index is 0.675. The molecule has 0 aliphatic heterocycles. The smallest absolute Gasteiger partial charge is 0.227 e. The third kappa shape index (κ3) is 3.13. The molecule has 180 valence electrons. The van der Waals surface area contributed by atoms with Crippen molar-refractivity contribution in [3.8, 4) is 22.5 Å². The van der Waals surface area contributed by atoms with Crippen LogP contribution in [-0.2, 0) is 7.05 Å². The number of nitrogens with zero attached hydrogens (tertiary/aromatic N) is 3. The van der Waals surface area contributed by atoms with E-state index < -0.39 is 0 Å². The lowest BCUT2D eigenvalue weighted by atomic mass is 9.95. The highest BCUT2D eigenvalue weighted by Crippen LogP contribution is 2.40. The number of fused-ring (bicyclic) bond motifs is 6. The van der Waals surface area contributed by atoms with Gasteiger partial charge in [0, 0.05) is 45.1 Å². The first-order valence-corrected chi connectivity index (χ1v) is 12.5. The van der Waals surface area contributed by atoms with E-state index in [2.05, 4.69) is 77.9 Å². The van der Waals surface area contributed by atoms with Gasteiger partial charge in [0.1, 0.15) is 18.2 Å². The lowest BCUT2D eigenvalue weighted by Crippen LogP contribution is -2.34. The second kappa shape index (κ2) is 7.74. The van der Waals surface area contributed by atoms with E-state index >= 15 is 0 Å². The van der Waals surface area contributed by atoms with Gasteiger partial charge in [-0.1, -0.05) is 12.1 Å². The first-order chi connectivity index (χ1) is 17.9. The summed E-state index contributed by atoms with van der Waals surface area (Å²) in [5.74, 6) is 0. The van der Waals surface area contributed by atoms with Crippen LogP contribution in [0.2, 0.25) is 0 Å². The number of hydrogen-bond donors (Lipinski definition) is 0. The molecule has 0 aliphatic rings. The van der Waals surface area contributed by atoms with Gasteiger partial charge < -0.3 is 8.83 Å². The van der Waals surface area contributed by atoms with Crippen molar-refractivity contribution >= 4 is 44.1 Å². The van der Waals surface area contributed by atoms with Crippen LogP contribution in [0.5, 0.6) is 0 Å². The first kappa shape index (κ1) is 21.7. The maximum atomic E-state index is 6.19. The number of hydrogen-bond acceptors (Lipinski definition) is 4. The van der Waals surface area contributed by atoms with E-state index in [9.17, 15) is 0 Å². The summed E-state index contributed by atoms with van der Waals surface area (Å²) in [5.41, 5.74) is 11.8. The van der Waals surface area contributed by atoms with Crippen LogP contribution < -0.4 is 4.57 Å². The van der Waals surface area contributed by atoms with Crippen LogP contribution in [0.25, 0.3) is 66.7 Å². The van der Waals surface area contributed by atoms with Crippen LogP contribution in [-0.4, -0.2) is 9.97 Å². The molecule has 0 saturated carbocycles. The zero-order chi connectivity index (χ0) is 25.4. The number of benzene rings is 2. The Hall–Kier alpha value is -4.51. The van der Waals surface area contributed by atoms with Crippen LogP contribution in [0.4, 0.5) is 0 Å². The summed E-state index contributed by atoms with van der Waals surface area (Å²) in [7, 11) is 2.14. The van der Waals surface area contributed by atoms with Crippen molar-refractivity contribution in [3.05, 3.63) is 89.2 Å². The summed E-state index contributed by atoms with van der Waals surface area (Å²) in [5, 5.41) is 4.26. The summed E-state index contributed by atoms with van der Waals surface area (Å²) in [4.78, 5) is 9.30. The highest BCUT2D eigenvalue weighted by atomic mass is 16.3. The Labute approximate surface area is 214 Å². The molecule has 37 heavy (non-hydrogen) atoms. The largest absolute Gasteiger partial charge is 0.438 e. The molecule has 0 aliphatic carbocycles. The lowest BCUT2D eigenvalue weighted by Gasteiger charge is -2.11. The Morgan fingerprint density at radius 1 is 0.568 bits per heavy atom. The lowest BCUT2D eigenvalue weighted by molar-refractivity contribution is -0.649. The number of aryl methyl sites for hydroxylation is 4. The monoisotopic (exact) mass is 484 g/mol. The summed E-state index contributed by atoms with van der Waals surface area (Å²) in [6.07, 6.45) is 0. The summed E-state index contributed by atoms with van der Waals surface area (Å²) >= 11 is 0. The molecule has 5 nitrogen and oxygen atoms in total. The average Bonchev–Trinajstić information content (AvgIpc) is 3.42. The van der Waals surface area contributed by atoms with Gasteiger partial charge in [-0.15, -0.1) is 0 Å². The van der Waals surface area contributed by atoms with Crippen molar-refractivity contribution in [2.24, 2.45) is 7.05 Å². The molecule has 0 bridgehead atoms. The molecule has 0 amide bonds. The highest BCUT2D eigenvalue weighted by Gasteiger charge is 2.26. The van der Waals surface area contributed by atoms with Crippen molar-refractivity contribution in [1.29, 1.82) is 0 Å². The summed E-state index contributed by atoms with van der Waals surface area (Å²) in [6, 6.07) is 23.2. The van der Waals surface area contributed by atoms with E-state index in [0.717, 1.165) is 66.6 Å². The Balaban J connectivity index is 1.56. The molecule has 0 radical (unpaired) electrons. The molecule has 0 saturated heterocycles.